The average Bonchev–Trinajstić information content (AvgIpc) is 3.28. The number of aromatic nitrogens is 2. The molecule has 2 unspecified atom stereocenters. The van der Waals surface area contributed by atoms with Crippen LogP contribution >= 0.6 is 22.7 Å². The SMILES string of the molecule is Cc1nc(-c2ccc(F)cc2)sc1C(=O)Nc1nc(CN2CC(C)OC(C)C2)cs1. The first kappa shape index (κ1) is 21.0. The lowest BCUT2D eigenvalue weighted by Crippen LogP contribution is -2.44. The maximum absolute atomic E-state index is 13.1. The first-order valence-corrected chi connectivity index (χ1v) is 11.4. The van der Waals surface area contributed by atoms with Crippen LogP contribution in [0.4, 0.5) is 9.52 Å². The number of hydrogen-bond acceptors (Lipinski definition) is 7. The molecule has 6 nitrogen and oxygen atoms in total. The van der Waals surface area contributed by atoms with Crippen molar-refractivity contribution in [3.05, 3.63) is 51.7 Å². The fraction of sp³-hybridized carbons (Fsp3) is 0.381. The third kappa shape index (κ3) is 4.92. The number of hydrogen-bond donors (Lipinski definition) is 1. The second-order valence-corrected chi connectivity index (χ2v) is 9.35. The summed E-state index contributed by atoms with van der Waals surface area (Å²) in [5.41, 5.74) is 2.36. The van der Waals surface area contributed by atoms with Crippen LogP contribution in [0.5, 0.6) is 0 Å². The number of rotatable bonds is 5. The zero-order valence-electron chi connectivity index (χ0n) is 17.0. The van der Waals surface area contributed by atoms with Crippen molar-refractivity contribution in [1.29, 1.82) is 0 Å². The van der Waals surface area contributed by atoms with E-state index in [1.165, 1.54) is 34.8 Å². The zero-order chi connectivity index (χ0) is 21.3. The smallest absolute Gasteiger partial charge is 0.269 e. The van der Waals surface area contributed by atoms with E-state index in [0.717, 1.165) is 30.9 Å². The van der Waals surface area contributed by atoms with Gasteiger partial charge in [0.15, 0.2) is 5.13 Å². The molecule has 0 spiro atoms. The van der Waals surface area contributed by atoms with Crippen molar-refractivity contribution >= 4 is 33.7 Å². The molecule has 3 aromatic rings. The van der Waals surface area contributed by atoms with Gasteiger partial charge in [-0.15, -0.1) is 22.7 Å². The van der Waals surface area contributed by atoms with E-state index < -0.39 is 0 Å². The topological polar surface area (TPSA) is 67.4 Å². The van der Waals surface area contributed by atoms with Crippen molar-refractivity contribution in [3.63, 3.8) is 0 Å². The summed E-state index contributed by atoms with van der Waals surface area (Å²) >= 11 is 2.71. The van der Waals surface area contributed by atoms with E-state index in [0.29, 0.717) is 20.7 Å². The van der Waals surface area contributed by atoms with Crippen LogP contribution in [-0.2, 0) is 11.3 Å². The lowest BCUT2D eigenvalue weighted by molar-refractivity contribution is -0.0707. The van der Waals surface area contributed by atoms with Crippen molar-refractivity contribution in [2.75, 3.05) is 18.4 Å². The van der Waals surface area contributed by atoms with Crippen LogP contribution in [0.25, 0.3) is 10.6 Å². The quantitative estimate of drug-likeness (QED) is 0.622. The van der Waals surface area contributed by atoms with E-state index in [2.05, 4.69) is 34.0 Å². The standard InChI is InChI=1S/C21H23FN4O2S2/c1-12-8-26(9-13(2)28-12)10-17-11-29-21(24-17)25-19(27)18-14(3)23-20(30-18)15-4-6-16(22)7-5-15/h4-7,11-13H,8-10H2,1-3H3,(H,24,25,27). The summed E-state index contributed by atoms with van der Waals surface area (Å²) in [6.07, 6.45) is 0.410. The fourth-order valence-electron chi connectivity index (χ4n) is 3.56. The highest BCUT2D eigenvalue weighted by molar-refractivity contribution is 7.17. The Balaban J connectivity index is 1.41. The number of anilines is 1. The fourth-order valence-corrected chi connectivity index (χ4v) is 5.22. The van der Waals surface area contributed by atoms with Crippen LogP contribution < -0.4 is 5.32 Å². The number of morpholine rings is 1. The molecule has 1 fully saturated rings. The van der Waals surface area contributed by atoms with Gasteiger partial charge in [0.1, 0.15) is 15.7 Å². The monoisotopic (exact) mass is 446 g/mol. The Morgan fingerprint density at radius 1 is 1.23 bits per heavy atom. The number of nitrogens with zero attached hydrogens (tertiary/aromatic N) is 3. The predicted octanol–water partition coefficient (Wildman–Crippen LogP) is 4.58. The van der Waals surface area contributed by atoms with Gasteiger partial charge in [0.2, 0.25) is 0 Å². The Kier molecular flexibility index (Phi) is 6.24. The summed E-state index contributed by atoms with van der Waals surface area (Å²) in [4.78, 5) is 24.6. The Hall–Kier alpha value is -2.20. The Labute approximate surface area is 182 Å². The summed E-state index contributed by atoms with van der Waals surface area (Å²) in [5.74, 6) is -0.529. The van der Waals surface area contributed by atoms with Crippen molar-refractivity contribution in [2.24, 2.45) is 0 Å². The van der Waals surface area contributed by atoms with Crippen molar-refractivity contribution in [2.45, 2.75) is 39.5 Å². The molecule has 9 heteroatoms. The molecular formula is C21H23FN4O2S2. The number of benzene rings is 1. The normalized spacial score (nSPS) is 19.7. The number of aryl methyl sites for hydroxylation is 1. The third-order valence-corrected chi connectivity index (χ3v) is 6.76. The Morgan fingerprint density at radius 3 is 2.63 bits per heavy atom. The minimum atomic E-state index is -0.300. The first-order chi connectivity index (χ1) is 14.4. The zero-order valence-corrected chi connectivity index (χ0v) is 18.6. The minimum absolute atomic E-state index is 0.205. The molecule has 2 aromatic heterocycles. The van der Waals surface area contributed by atoms with Crippen molar-refractivity contribution in [1.82, 2.24) is 14.9 Å². The van der Waals surface area contributed by atoms with Gasteiger partial charge in [0.05, 0.1) is 23.6 Å². The molecule has 0 radical (unpaired) electrons. The van der Waals surface area contributed by atoms with Crippen LogP contribution in [-0.4, -0.2) is 46.1 Å². The van der Waals surface area contributed by atoms with Gasteiger partial charge in [-0.25, -0.2) is 14.4 Å². The van der Waals surface area contributed by atoms with E-state index >= 15 is 0 Å². The molecule has 1 aliphatic heterocycles. The number of carbonyl (C=O) groups is 1. The molecular weight excluding hydrogens is 423 g/mol. The number of halogens is 1. The maximum Gasteiger partial charge on any atom is 0.269 e. The largest absolute Gasteiger partial charge is 0.373 e. The summed E-state index contributed by atoms with van der Waals surface area (Å²) in [6.45, 7) is 8.43. The Bertz CT molecular complexity index is 1020. The number of carbonyl (C=O) groups excluding carboxylic acids is 1. The van der Waals surface area contributed by atoms with E-state index in [1.807, 2.05) is 5.38 Å². The average molecular weight is 447 g/mol. The molecule has 1 aromatic carbocycles. The van der Waals surface area contributed by atoms with Gasteiger partial charge < -0.3 is 4.74 Å². The third-order valence-electron chi connectivity index (χ3n) is 4.75. The van der Waals surface area contributed by atoms with E-state index in [4.69, 9.17) is 4.74 Å². The highest BCUT2D eigenvalue weighted by Gasteiger charge is 2.23. The second kappa shape index (κ2) is 8.89. The number of thiazole rings is 2. The summed E-state index contributed by atoms with van der Waals surface area (Å²) in [7, 11) is 0. The predicted molar refractivity (Wildman–Crippen MR) is 118 cm³/mol. The molecule has 1 amide bonds. The van der Waals surface area contributed by atoms with E-state index in [9.17, 15) is 9.18 Å². The molecule has 4 rings (SSSR count). The summed E-state index contributed by atoms with van der Waals surface area (Å²) in [6, 6.07) is 6.10. The van der Waals surface area contributed by atoms with Gasteiger partial charge in [-0.3, -0.25) is 15.0 Å². The van der Waals surface area contributed by atoms with E-state index in [-0.39, 0.29) is 23.9 Å². The van der Waals surface area contributed by atoms with Crippen LogP contribution in [0.3, 0.4) is 0 Å². The molecule has 1 aliphatic rings. The summed E-state index contributed by atoms with van der Waals surface area (Å²) < 4.78 is 18.9. The molecule has 3 heterocycles. The van der Waals surface area contributed by atoms with Crippen molar-refractivity contribution in [3.8, 4) is 10.6 Å². The van der Waals surface area contributed by atoms with Gasteiger partial charge >= 0.3 is 0 Å². The lowest BCUT2D eigenvalue weighted by Gasteiger charge is -2.34. The van der Waals surface area contributed by atoms with Gasteiger partial charge in [-0.05, 0) is 45.0 Å². The van der Waals surface area contributed by atoms with Crippen LogP contribution in [0.1, 0.15) is 34.9 Å². The highest BCUT2D eigenvalue weighted by Crippen LogP contribution is 2.29. The summed E-state index contributed by atoms with van der Waals surface area (Å²) in [5, 5.41) is 6.12. The van der Waals surface area contributed by atoms with Gasteiger partial charge in [-0.1, -0.05) is 0 Å². The highest BCUT2D eigenvalue weighted by atomic mass is 32.1. The molecule has 0 bridgehead atoms. The molecule has 2 atom stereocenters. The molecule has 1 N–H and O–H groups in total. The van der Waals surface area contributed by atoms with Crippen LogP contribution in [0, 0.1) is 12.7 Å². The second-order valence-electron chi connectivity index (χ2n) is 7.49. The van der Waals surface area contributed by atoms with Gasteiger partial charge in [0, 0.05) is 30.6 Å². The lowest BCUT2D eigenvalue weighted by atomic mass is 10.2. The maximum atomic E-state index is 13.1. The van der Waals surface area contributed by atoms with Crippen molar-refractivity contribution < 1.29 is 13.9 Å². The molecule has 158 valence electrons. The molecule has 0 aliphatic carbocycles. The molecule has 0 saturated carbocycles. The van der Waals surface area contributed by atoms with Crippen LogP contribution in [0.2, 0.25) is 0 Å². The first-order valence-electron chi connectivity index (χ1n) is 9.74. The molecule has 1 saturated heterocycles. The van der Waals surface area contributed by atoms with Crippen LogP contribution in [0.15, 0.2) is 29.6 Å². The number of ether oxygens (including phenoxy) is 1. The molecule has 30 heavy (non-hydrogen) atoms. The van der Waals surface area contributed by atoms with Gasteiger partial charge in [0.25, 0.3) is 5.91 Å². The van der Waals surface area contributed by atoms with Gasteiger partial charge in [-0.2, -0.15) is 0 Å². The number of amides is 1. The number of nitrogens with one attached hydrogen (secondary N) is 1. The van der Waals surface area contributed by atoms with E-state index in [1.54, 1.807) is 19.1 Å². The minimum Gasteiger partial charge on any atom is -0.373 e. The Morgan fingerprint density at radius 2 is 1.93 bits per heavy atom.